The molecule has 184 valence electrons. The quantitative estimate of drug-likeness (QED) is 0.353. The number of hydrogen-bond acceptors (Lipinski definition) is 5. The Morgan fingerprint density at radius 2 is 1.86 bits per heavy atom. The van der Waals surface area contributed by atoms with Gasteiger partial charge in [-0.05, 0) is 67.3 Å². The van der Waals surface area contributed by atoms with E-state index in [-0.39, 0.29) is 11.3 Å². The fourth-order valence-electron chi connectivity index (χ4n) is 4.57. The van der Waals surface area contributed by atoms with Gasteiger partial charge >= 0.3 is 0 Å². The van der Waals surface area contributed by atoms with Crippen molar-refractivity contribution >= 4 is 34.1 Å². The SMILES string of the molecule is CCOc1ccccc1C=Nc1sc2c(c1C(=O)Nc1ccccc1OC)CC[C@@H](C(C)(C)C)C2. The second-order valence-electron chi connectivity index (χ2n) is 9.87. The van der Waals surface area contributed by atoms with Crippen LogP contribution in [0.4, 0.5) is 10.7 Å². The van der Waals surface area contributed by atoms with E-state index < -0.39 is 0 Å². The molecular formula is C29H34N2O3S. The van der Waals surface area contributed by atoms with Crippen molar-refractivity contribution in [1.29, 1.82) is 0 Å². The number of thiophene rings is 1. The zero-order valence-corrected chi connectivity index (χ0v) is 22.0. The first-order valence-corrected chi connectivity index (χ1v) is 13.0. The molecule has 4 rings (SSSR count). The van der Waals surface area contributed by atoms with Gasteiger partial charge in [0.15, 0.2) is 0 Å². The van der Waals surface area contributed by atoms with E-state index in [1.807, 2.05) is 61.7 Å². The first-order valence-electron chi connectivity index (χ1n) is 12.2. The minimum atomic E-state index is -0.147. The fourth-order valence-corrected chi connectivity index (χ4v) is 5.84. The Hall–Kier alpha value is -3.12. The fraction of sp³-hybridized carbons (Fsp3) is 0.379. The molecule has 2 aromatic carbocycles. The molecule has 1 atom stereocenters. The van der Waals surface area contributed by atoms with E-state index in [1.54, 1.807) is 18.4 Å². The smallest absolute Gasteiger partial charge is 0.259 e. The number of carbonyl (C=O) groups is 1. The van der Waals surface area contributed by atoms with E-state index in [2.05, 4.69) is 26.1 Å². The Kier molecular flexibility index (Phi) is 7.60. The third-order valence-electron chi connectivity index (χ3n) is 6.59. The number of rotatable bonds is 7. The van der Waals surface area contributed by atoms with E-state index in [9.17, 15) is 4.79 Å². The van der Waals surface area contributed by atoms with Gasteiger partial charge < -0.3 is 14.8 Å². The van der Waals surface area contributed by atoms with Gasteiger partial charge in [-0.2, -0.15) is 0 Å². The molecule has 0 radical (unpaired) electrons. The summed E-state index contributed by atoms with van der Waals surface area (Å²) in [5.41, 5.74) is 3.58. The number of amides is 1. The highest BCUT2D eigenvalue weighted by Crippen LogP contribution is 2.45. The second-order valence-corrected chi connectivity index (χ2v) is 11.0. The van der Waals surface area contributed by atoms with Crippen molar-refractivity contribution < 1.29 is 14.3 Å². The maximum absolute atomic E-state index is 13.6. The number of fused-ring (bicyclic) bond motifs is 1. The van der Waals surface area contributed by atoms with Crippen molar-refractivity contribution in [2.24, 2.45) is 16.3 Å². The third-order valence-corrected chi connectivity index (χ3v) is 7.76. The standard InChI is InChI=1S/C29H34N2O3S/c1-6-34-23-13-9-7-11-19(23)18-30-28-26(27(32)31-22-12-8-10-14-24(22)33-5)21-16-15-20(29(2,3)4)17-25(21)35-28/h7-14,18,20H,6,15-17H2,1-5H3,(H,31,32)/t20-/m1/s1. The van der Waals surface area contributed by atoms with Gasteiger partial charge in [-0.25, -0.2) is 4.99 Å². The van der Waals surface area contributed by atoms with Gasteiger partial charge in [-0.15, -0.1) is 11.3 Å². The lowest BCUT2D eigenvalue weighted by atomic mass is 9.72. The average Bonchev–Trinajstić information content (AvgIpc) is 3.21. The molecule has 1 amide bonds. The summed E-state index contributed by atoms with van der Waals surface area (Å²) in [6.07, 6.45) is 4.74. The van der Waals surface area contributed by atoms with E-state index in [0.717, 1.165) is 41.1 Å². The number of methoxy groups -OCH3 is 1. The second kappa shape index (κ2) is 10.6. The highest BCUT2D eigenvalue weighted by molar-refractivity contribution is 7.16. The average molecular weight is 491 g/mol. The van der Waals surface area contributed by atoms with Crippen LogP contribution in [-0.2, 0) is 12.8 Å². The van der Waals surface area contributed by atoms with Gasteiger partial charge in [0, 0.05) is 16.7 Å². The third kappa shape index (κ3) is 5.59. The number of anilines is 1. The minimum absolute atomic E-state index is 0.147. The molecular weight excluding hydrogens is 456 g/mol. The van der Waals surface area contributed by atoms with Crippen LogP contribution < -0.4 is 14.8 Å². The number of aliphatic imine (C=N–C) groups is 1. The van der Waals surface area contributed by atoms with E-state index >= 15 is 0 Å². The lowest BCUT2D eigenvalue weighted by Crippen LogP contribution is -2.27. The Labute approximate surface area is 212 Å². The Morgan fingerprint density at radius 1 is 1.14 bits per heavy atom. The van der Waals surface area contributed by atoms with Crippen molar-refractivity contribution in [3.05, 3.63) is 70.1 Å². The topological polar surface area (TPSA) is 59.9 Å². The summed E-state index contributed by atoms with van der Waals surface area (Å²) in [6.45, 7) is 9.45. The number of nitrogens with one attached hydrogen (secondary N) is 1. The van der Waals surface area contributed by atoms with Crippen LogP contribution in [0.2, 0.25) is 0 Å². The van der Waals surface area contributed by atoms with Crippen LogP contribution >= 0.6 is 11.3 Å². The summed E-state index contributed by atoms with van der Waals surface area (Å²) in [5.74, 6) is 1.85. The van der Waals surface area contributed by atoms with Gasteiger partial charge in [0.05, 0.1) is 25.0 Å². The summed E-state index contributed by atoms with van der Waals surface area (Å²) >= 11 is 1.64. The largest absolute Gasteiger partial charge is 0.495 e. The van der Waals surface area contributed by atoms with E-state index in [0.29, 0.717) is 29.5 Å². The Balaban J connectivity index is 1.73. The van der Waals surface area contributed by atoms with Crippen LogP contribution in [-0.4, -0.2) is 25.8 Å². The first-order chi connectivity index (χ1) is 16.8. The van der Waals surface area contributed by atoms with E-state index in [4.69, 9.17) is 14.5 Å². The van der Waals surface area contributed by atoms with Gasteiger partial charge in [0.2, 0.25) is 0 Å². The molecule has 1 heterocycles. The lowest BCUT2D eigenvalue weighted by molar-refractivity contribution is 0.102. The predicted octanol–water partition coefficient (Wildman–Crippen LogP) is 7.31. The molecule has 0 unspecified atom stereocenters. The van der Waals surface area contributed by atoms with Crippen molar-refractivity contribution in [2.75, 3.05) is 19.0 Å². The summed E-state index contributed by atoms with van der Waals surface area (Å²) in [7, 11) is 1.61. The number of para-hydroxylation sites is 3. The Morgan fingerprint density at radius 3 is 2.57 bits per heavy atom. The summed E-state index contributed by atoms with van der Waals surface area (Å²) in [6, 6.07) is 15.3. The number of benzene rings is 2. The molecule has 1 aliphatic rings. The number of hydrogen-bond donors (Lipinski definition) is 1. The highest BCUT2D eigenvalue weighted by atomic mass is 32.1. The number of ether oxygens (including phenoxy) is 2. The highest BCUT2D eigenvalue weighted by Gasteiger charge is 2.33. The summed E-state index contributed by atoms with van der Waals surface area (Å²) < 4.78 is 11.2. The summed E-state index contributed by atoms with van der Waals surface area (Å²) in [5, 5.41) is 3.81. The lowest BCUT2D eigenvalue weighted by Gasteiger charge is -2.33. The zero-order valence-electron chi connectivity index (χ0n) is 21.2. The molecule has 5 nitrogen and oxygen atoms in total. The molecule has 0 spiro atoms. The van der Waals surface area contributed by atoms with Crippen LogP contribution in [0, 0.1) is 11.3 Å². The van der Waals surface area contributed by atoms with Crippen molar-refractivity contribution in [3.8, 4) is 11.5 Å². The molecule has 1 N–H and O–H groups in total. The van der Waals surface area contributed by atoms with Crippen LogP contribution in [0.25, 0.3) is 0 Å². The van der Waals surface area contributed by atoms with Crippen LogP contribution in [0.5, 0.6) is 11.5 Å². The predicted molar refractivity (Wildman–Crippen MR) is 145 cm³/mol. The van der Waals surface area contributed by atoms with Crippen molar-refractivity contribution in [1.82, 2.24) is 0 Å². The number of carbonyl (C=O) groups excluding carboxylic acids is 1. The van der Waals surface area contributed by atoms with Crippen LogP contribution in [0.15, 0.2) is 53.5 Å². The van der Waals surface area contributed by atoms with Crippen molar-refractivity contribution in [2.45, 2.75) is 47.0 Å². The number of nitrogens with zero attached hydrogens (tertiary/aromatic N) is 1. The van der Waals surface area contributed by atoms with E-state index in [1.165, 1.54) is 4.88 Å². The molecule has 0 fully saturated rings. The molecule has 0 saturated heterocycles. The maximum Gasteiger partial charge on any atom is 0.259 e. The zero-order chi connectivity index (χ0) is 25.0. The molecule has 1 aromatic heterocycles. The van der Waals surface area contributed by atoms with Gasteiger partial charge in [-0.3, -0.25) is 4.79 Å². The molecule has 6 heteroatoms. The van der Waals surface area contributed by atoms with Crippen LogP contribution in [0.3, 0.4) is 0 Å². The Bertz CT molecular complexity index is 1220. The van der Waals surface area contributed by atoms with Crippen LogP contribution in [0.1, 0.15) is 60.5 Å². The van der Waals surface area contributed by atoms with Gasteiger partial charge in [0.1, 0.15) is 16.5 Å². The first kappa shape index (κ1) is 25.0. The molecule has 0 saturated carbocycles. The molecule has 1 aliphatic carbocycles. The van der Waals surface area contributed by atoms with Gasteiger partial charge in [0.25, 0.3) is 5.91 Å². The van der Waals surface area contributed by atoms with Crippen molar-refractivity contribution in [3.63, 3.8) is 0 Å². The van der Waals surface area contributed by atoms with Gasteiger partial charge in [-0.1, -0.05) is 45.0 Å². The molecule has 35 heavy (non-hydrogen) atoms. The molecule has 0 aliphatic heterocycles. The molecule has 0 bridgehead atoms. The normalized spacial score (nSPS) is 15.6. The monoisotopic (exact) mass is 490 g/mol. The molecule has 3 aromatic rings. The maximum atomic E-state index is 13.6. The minimum Gasteiger partial charge on any atom is -0.495 e. The summed E-state index contributed by atoms with van der Waals surface area (Å²) in [4.78, 5) is 19.7.